The normalized spacial score (nSPS) is 10.9. The second-order valence-electron chi connectivity index (χ2n) is 6.32. The lowest BCUT2D eigenvalue weighted by Crippen LogP contribution is -2.15. The topological polar surface area (TPSA) is 128 Å². The number of sulfonamides is 1. The highest BCUT2D eigenvalue weighted by atomic mass is 32.2. The van der Waals surface area contributed by atoms with Crippen molar-refractivity contribution in [3.63, 3.8) is 0 Å². The molecular weight excluding hydrogens is 422 g/mol. The van der Waals surface area contributed by atoms with Crippen molar-refractivity contribution in [3.05, 3.63) is 88.5 Å². The third kappa shape index (κ3) is 5.37. The van der Waals surface area contributed by atoms with E-state index in [1.54, 1.807) is 24.3 Å². The summed E-state index contributed by atoms with van der Waals surface area (Å²) in [6, 6.07) is 17.5. The molecule has 3 aromatic carbocycles. The van der Waals surface area contributed by atoms with E-state index >= 15 is 0 Å². The van der Waals surface area contributed by atoms with E-state index in [2.05, 4.69) is 10.0 Å². The van der Waals surface area contributed by atoms with Crippen LogP contribution in [-0.2, 0) is 10.0 Å². The van der Waals surface area contributed by atoms with Crippen molar-refractivity contribution in [1.82, 2.24) is 0 Å². The highest BCUT2D eigenvalue weighted by molar-refractivity contribution is 7.92. The van der Waals surface area contributed by atoms with Gasteiger partial charge in [0.05, 0.1) is 16.4 Å². The number of hydrogen-bond donors (Lipinski definition) is 2. The van der Waals surface area contributed by atoms with E-state index in [9.17, 15) is 23.3 Å². The number of nitrogens with one attached hydrogen (secondary N) is 2. The van der Waals surface area contributed by atoms with E-state index in [4.69, 9.17) is 4.74 Å². The standard InChI is InChI=1S/C21H19N3O6S/c1-2-30-17-11-7-16(8-12-17)23-31(28,29)18-13-9-15(10-14-18)22-21(25)19-5-3-4-6-20(19)24(26)27/h3-14,23H,2H2,1H3,(H,22,25). The number of nitro benzene ring substituents is 1. The number of rotatable bonds is 8. The molecule has 3 rings (SSSR count). The number of carbonyl (C=O) groups excluding carboxylic acids is 1. The molecule has 0 spiro atoms. The van der Waals surface area contributed by atoms with Crippen LogP contribution in [0.4, 0.5) is 17.1 Å². The maximum Gasteiger partial charge on any atom is 0.282 e. The summed E-state index contributed by atoms with van der Waals surface area (Å²) in [4.78, 5) is 22.8. The van der Waals surface area contributed by atoms with Crippen molar-refractivity contribution in [2.45, 2.75) is 11.8 Å². The molecule has 0 atom stereocenters. The Balaban J connectivity index is 1.72. The largest absolute Gasteiger partial charge is 0.494 e. The lowest BCUT2D eigenvalue weighted by Gasteiger charge is -2.10. The third-order valence-corrected chi connectivity index (χ3v) is 5.58. The van der Waals surface area contributed by atoms with Gasteiger partial charge in [0.15, 0.2) is 0 Å². The molecular formula is C21H19N3O6S. The van der Waals surface area contributed by atoms with Gasteiger partial charge >= 0.3 is 0 Å². The van der Waals surface area contributed by atoms with Crippen LogP contribution in [-0.4, -0.2) is 25.9 Å². The molecule has 0 fully saturated rings. The number of anilines is 2. The van der Waals surface area contributed by atoms with Gasteiger partial charge < -0.3 is 10.1 Å². The molecule has 0 heterocycles. The molecule has 0 aliphatic rings. The highest BCUT2D eigenvalue weighted by Gasteiger charge is 2.20. The van der Waals surface area contributed by atoms with Gasteiger partial charge in [0.2, 0.25) is 0 Å². The second kappa shape index (κ2) is 9.26. The lowest BCUT2D eigenvalue weighted by molar-refractivity contribution is -0.385. The minimum absolute atomic E-state index is 0.00919. The Kier molecular flexibility index (Phi) is 6.51. The van der Waals surface area contributed by atoms with Crippen LogP contribution < -0.4 is 14.8 Å². The van der Waals surface area contributed by atoms with E-state index in [0.717, 1.165) is 0 Å². The molecule has 10 heteroatoms. The number of nitrogens with zero attached hydrogens (tertiary/aromatic N) is 1. The smallest absolute Gasteiger partial charge is 0.282 e. The summed E-state index contributed by atoms with van der Waals surface area (Å²) in [6.45, 7) is 2.36. The molecule has 31 heavy (non-hydrogen) atoms. The van der Waals surface area contributed by atoms with Gasteiger partial charge in [0.25, 0.3) is 21.6 Å². The SMILES string of the molecule is CCOc1ccc(NS(=O)(=O)c2ccc(NC(=O)c3ccccc3[N+](=O)[O-])cc2)cc1. The maximum absolute atomic E-state index is 12.6. The van der Waals surface area contributed by atoms with Crippen molar-refractivity contribution in [1.29, 1.82) is 0 Å². The molecule has 1 amide bonds. The Bertz CT molecular complexity index is 1190. The molecule has 3 aromatic rings. The summed E-state index contributed by atoms with van der Waals surface area (Å²) in [6.07, 6.45) is 0. The molecule has 0 bridgehead atoms. The minimum atomic E-state index is -3.85. The van der Waals surface area contributed by atoms with Gasteiger partial charge in [-0.15, -0.1) is 0 Å². The van der Waals surface area contributed by atoms with Crippen LogP contribution >= 0.6 is 0 Å². The average Bonchev–Trinajstić information content (AvgIpc) is 2.75. The number of para-hydroxylation sites is 1. The monoisotopic (exact) mass is 441 g/mol. The van der Waals surface area contributed by atoms with Crippen molar-refractivity contribution in [2.24, 2.45) is 0 Å². The van der Waals surface area contributed by atoms with E-state index in [1.165, 1.54) is 48.5 Å². The molecule has 0 saturated heterocycles. The Hall–Kier alpha value is -3.92. The van der Waals surface area contributed by atoms with E-state index in [-0.39, 0.29) is 16.1 Å². The van der Waals surface area contributed by atoms with Gasteiger partial charge in [-0.05, 0) is 61.5 Å². The van der Waals surface area contributed by atoms with Crippen molar-refractivity contribution < 1.29 is 22.9 Å². The zero-order chi connectivity index (χ0) is 22.4. The van der Waals surface area contributed by atoms with Gasteiger partial charge in [0.1, 0.15) is 11.3 Å². The quantitative estimate of drug-likeness (QED) is 0.401. The van der Waals surface area contributed by atoms with Crippen molar-refractivity contribution in [3.8, 4) is 5.75 Å². The summed E-state index contributed by atoms with van der Waals surface area (Å²) in [7, 11) is -3.85. The fourth-order valence-electron chi connectivity index (χ4n) is 2.74. The van der Waals surface area contributed by atoms with Crippen molar-refractivity contribution >= 4 is 33.0 Å². The Morgan fingerprint density at radius 2 is 1.58 bits per heavy atom. The van der Waals surface area contributed by atoms with Crippen LogP contribution in [0.25, 0.3) is 0 Å². The Labute approximate surface area is 178 Å². The van der Waals surface area contributed by atoms with Gasteiger partial charge in [0, 0.05) is 17.4 Å². The first-order chi connectivity index (χ1) is 14.8. The zero-order valence-electron chi connectivity index (χ0n) is 16.4. The number of ether oxygens (including phenoxy) is 1. The van der Waals surface area contributed by atoms with Gasteiger partial charge in [-0.25, -0.2) is 8.42 Å². The van der Waals surface area contributed by atoms with Crippen LogP contribution in [0.1, 0.15) is 17.3 Å². The first kappa shape index (κ1) is 21.8. The van der Waals surface area contributed by atoms with Crippen LogP contribution in [0.2, 0.25) is 0 Å². The average molecular weight is 441 g/mol. The minimum Gasteiger partial charge on any atom is -0.494 e. The molecule has 2 N–H and O–H groups in total. The number of nitro groups is 1. The number of amides is 1. The second-order valence-corrected chi connectivity index (χ2v) is 8.00. The first-order valence-electron chi connectivity index (χ1n) is 9.20. The summed E-state index contributed by atoms with van der Waals surface area (Å²) < 4.78 is 33.0. The first-order valence-corrected chi connectivity index (χ1v) is 10.7. The summed E-state index contributed by atoms with van der Waals surface area (Å²) in [5.74, 6) is -0.0420. The van der Waals surface area contributed by atoms with Crippen LogP contribution in [0.5, 0.6) is 5.75 Å². The number of hydrogen-bond acceptors (Lipinski definition) is 6. The summed E-state index contributed by atoms with van der Waals surface area (Å²) in [5.41, 5.74) is 0.250. The third-order valence-electron chi connectivity index (χ3n) is 4.19. The molecule has 160 valence electrons. The van der Waals surface area contributed by atoms with E-state index in [1.807, 2.05) is 6.92 Å². The maximum atomic E-state index is 12.6. The Morgan fingerprint density at radius 3 is 2.19 bits per heavy atom. The van der Waals surface area contributed by atoms with E-state index < -0.39 is 20.9 Å². The predicted octanol–water partition coefficient (Wildman–Crippen LogP) is 4.05. The van der Waals surface area contributed by atoms with Gasteiger partial charge in [-0.2, -0.15) is 0 Å². The lowest BCUT2D eigenvalue weighted by atomic mass is 10.1. The summed E-state index contributed by atoms with van der Waals surface area (Å²) in [5, 5.41) is 13.6. The Morgan fingerprint density at radius 1 is 0.968 bits per heavy atom. The fraction of sp³-hybridized carbons (Fsp3) is 0.0952. The number of carbonyl (C=O) groups is 1. The zero-order valence-corrected chi connectivity index (χ0v) is 17.3. The molecule has 0 unspecified atom stereocenters. The molecule has 0 aromatic heterocycles. The van der Waals surface area contributed by atoms with Crippen LogP contribution in [0.15, 0.2) is 77.7 Å². The van der Waals surface area contributed by atoms with Crippen LogP contribution in [0.3, 0.4) is 0 Å². The number of benzene rings is 3. The molecule has 0 radical (unpaired) electrons. The van der Waals surface area contributed by atoms with Crippen LogP contribution in [0, 0.1) is 10.1 Å². The van der Waals surface area contributed by atoms with Crippen molar-refractivity contribution in [2.75, 3.05) is 16.6 Å². The van der Waals surface area contributed by atoms with Gasteiger partial charge in [-0.3, -0.25) is 19.6 Å². The highest BCUT2D eigenvalue weighted by Crippen LogP contribution is 2.22. The fourth-order valence-corrected chi connectivity index (χ4v) is 3.80. The molecule has 0 saturated carbocycles. The predicted molar refractivity (Wildman–Crippen MR) is 116 cm³/mol. The summed E-state index contributed by atoms with van der Waals surface area (Å²) >= 11 is 0. The molecule has 0 aliphatic heterocycles. The van der Waals surface area contributed by atoms with Gasteiger partial charge in [-0.1, -0.05) is 12.1 Å². The molecule has 0 aliphatic carbocycles. The van der Waals surface area contributed by atoms with E-state index in [0.29, 0.717) is 23.7 Å². The molecule has 9 nitrogen and oxygen atoms in total.